The molecule has 1 heterocycles. The van der Waals surface area contributed by atoms with Crippen LogP contribution in [0.4, 0.5) is 0 Å². The van der Waals surface area contributed by atoms with E-state index in [4.69, 9.17) is 5.73 Å². The Morgan fingerprint density at radius 2 is 1.67 bits per heavy atom. The molecule has 0 unspecified atom stereocenters. The van der Waals surface area contributed by atoms with Gasteiger partial charge < -0.3 is 5.73 Å². The van der Waals surface area contributed by atoms with E-state index in [0.29, 0.717) is 0 Å². The summed E-state index contributed by atoms with van der Waals surface area (Å²) in [5.41, 5.74) is 9.46. The summed E-state index contributed by atoms with van der Waals surface area (Å²) in [7, 11) is 0. The van der Waals surface area contributed by atoms with Gasteiger partial charge in [-0.2, -0.15) is 0 Å². The molecule has 1 aromatic carbocycles. The zero-order chi connectivity index (χ0) is 12.4. The molecule has 1 aliphatic carbocycles. The number of hydrogen-bond donors (Lipinski definition) is 1. The van der Waals surface area contributed by atoms with Crippen molar-refractivity contribution in [2.75, 3.05) is 13.1 Å². The Kier molecular flexibility index (Phi) is 3.40. The predicted octanol–water partition coefficient (Wildman–Crippen LogP) is 3.01. The minimum atomic E-state index is -0.0453. The summed E-state index contributed by atoms with van der Waals surface area (Å²) in [6.45, 7) is 3.60. The molecule has 18 heavy (non-hydrogen) atoms. The first-order valence-electron chi connectivity index (χ1n) is 7.38. The van der Waals surface area contributed by atoms with Crippen LogP contribution in [-0.2, 0) is 12.1 Å². The molecule has 2 nitrogen and oxygen atoms in total. The molecule has 1 saturated carbocycles. The van der Waals surface area contributed by atoms with Crippen LogP contribution < -0.4 is 5.73 Å². The number of hydrogen-bond acceptors (Lipinski definition) is 2. The summed E-state index contributed by atoms with van der Waals surface area (Å²) >= 11 is 0. The first kappa shape index (κ1) is 12.2. The lowest BCUT2D eigenvalue weighted by molar-refractivity contribution is 0.325. The minimum absolute atomic E-state index is 0.0453. The molecule has 3 rings (SSSR count). The second-order valence-electron chi connectivity index (χ2n) is 6.00. The Hall–Kier alpha value is -0.860. The van der Waals surface area contributed by atoms with Gasteiger partial charge in [0.05, 0.1) is 0 Å². The number of benzene rings is 1. The van der Waals surface area contributed by atoms with Gasteiger partial charge in [0, 0.05) is 12.1 Å². The van der Waals surface area contributed by atoms with Crippen LogP contribution in [0.25, 0.3) is 0 Å². The number of nitrogens with zero attached hydrogens (tertiary/aromatic N) is 1. The van der Waals surface area contributed by atoms with Crippen LogP contribution in [0.1, 0.15) is 49.7 Å². The maximum atomic E-state index is 6.64. The topological polar surface area (TPSA) is 29.3 Å². The van der Waals surface area contributed by atoms with Crippen molar-refractivity contribution >= 4 is 0 Å². The van der Waals surface area contributed by atoms with E-state index in [0.717, 1.165) is 19.4 Å². The van der Waals surface area contributed by atoms with Crippen molar-refractivity contribution in [1.82, 2.24) is 4.90 Å². The lowest BCUT2D eigenvalue weighted by Gasteiger charge is -2.28. The summed E-state index contributed by atoms with van der Waals surface area (Å²) in [5.74, 6) is 0. The smallest absolute Gasteiger partial charge is 0.0412 e. The molecular formula is C16H24N2. The molecule has 0 bridgehead atoms. The molecule has 2 N–H and O–H groups in total. The van der Waals surface area contributed by atoms with Crippen LogP contribution in [-0.4, -0.2) is 18.0 Å². The van der Waals surface area contributed by atoms with Gasteiger partial charge in [-0.15, -0.1) is 0 Å². The maximum absolute atomic E-state index is 6.64. The highest BCUT2D eigenvalue weighted by atomic mass is 15.1. The van der Waals surface area contributed by atoms with Crippen molar-refractivity contribution in [2.45, 2.75) is 50.6 Å². The highest BCUT2D eigenvalue weighted by molar-refractivity contribution is 5.34. The normalized spacial score (nSPS) is 23.6. The van der Waals surface area contributed by atoms with Gasteiger partial charge in [-0.25, -0.2) is 0 Å². The molecule has 2 fully saturated rings. The maximum Gasteiger partial charge on any atom is 0.0412 e. The molecular weight excluding hydrogens is 220 g/mol. The zero-order valence-electron chi connectivity index (χ0n) is 11.2. The van der Waals surface area contributed by atoms with Crippen molar-refractivity contribution < 1.29 is 0 Å². The minimum Gasteiger partial charge on any atom is -0.321 e. The molecule has 1 saturated heterocycles. The van der Waals surface area contributed by atoms with E-state index >= 15 is 0 Å². The van der Waals surface area contributed by atoms with Gasteiger partial charge in [-0.3, -0.25) is 4.90 Å². The Morgan fingerprint density at radius 1 is 1.00 bits per heavy atom. The van der Waals surface area contributed by atoms with E-state index in [9.17, 15) is 0 Å². The van der Waals surface area contributed by atoms with E-state index in [1.807, 2.05) is 0 Å². The third kappa shape index (κ3) is 2.32. The van der Waals surface area contributed by atoms with Gasteiger partial charge in [-0.1, -0.05) is 37.1 Å². The van der Waals surface area contributed by atoms with Gasteiger partial charge in [0.2, 0.25) is 0 Å². The summed E-state index contributed by atoms with van der Waals surface area (Å²) in [4.78, 5) is 2.57. The molecule has 0 spiro atoms. The molecule has 0 atom stereocenters. The number of likely N-dealkylation sites (tertiary alicyclic amines) is 1. The van der Waals surface area contributed by atoms with Crippen LogP contribution in [0.3, 0.4) is 0 Å². The quantitative estimate of drug-likeness (QED) is 0.885. The van der Waals surface area contributed by atoms with Gasteiger partial charge in [0.1, 0.15) is 0 Å². The highest BCUT2D eigenvalue weighted by Gasteiger charge is 2.33. The van der Waals surface area contributed by atoms with Crippen LogP contribution in [0, 0.1) is 0 Å². The largest absolute Gasteiger partial charge is 0.321 e. The van der Waals surface area contributed by atoms with Crippen molar-refractivity contribution in [2.24, 2.45) is 5.73 Å². The Labute approximate surface area is 110 Å². The van der Waals surface area contributed by atoms with Crippen LogP contribution >= 0.6 is 0 Å². The lowest BCUT2D eigenvalue weighted by Crippen LogP contribution is -2.35. The van der Waals surface area contributed by atoms with E-state index in [1.54, 1.807) is 0 Å². The molecule has 0 aromatic heterocycles. The Bertz CT molecular complexity index is 401. The van der Waals surface area contributed by atoms with Crippen molar-refractivity contribution in [3.63, 3.8) is 0 Å². The Morgan fingerprint density at radius 3 is 2.39 bits per heavy atom. The van der Waals surface area contributed by atoms with E-state index < -0.39 is 0 Å². The van der Waals surface area contributed by atoms with E-state index in [2.05, 4.69) is 29.2 Å². The lowest BCUT2D eigenvalue weighted by atomic mass is 9.86. The van der Waals surface area contributed by atoms with Crippen LogP contribution in [0.2, 0.25) is 0 Å². The van der Waals surface area contributed by atoms with Gasteiger partial charge in [-0.05, 0) is 49.9 Å². The summed E-state index contributed by atoms with van der Waals surface area (Å²) < 4.78 is 0. The molecule has 2 aliphatic rings. The van der Waals surface area contributed by atoms with Gasteiger partial charge in [0.25, 0.3) is 0 Å². The molecule has 0 amide bonds. The first-order valence-corrected chi connectivity index (χ1v) is 7.38. The van der Waals surface area contributed by atoms with Crippen molar-refractivity contribution in [3.05, 3.63) is 35.4 Å². The predicted molar refractivity (Wildman–Crippen MR) is 75.3 cm³/mol. The third-order valence-corrected chi connectivity index (χ3v) is 4.64. The standard InChI is InChI=1S/C16H24N2/c17-16(9-3-4-10-16)15-8-2-1-7-14(15)13-18-11-5-6-12-18/h1-2,7-8H,3-6,9-13,17H2. The van der Waals surface area contributed by atoms with Crippen molar-refractivity contribution in [3.8, 4) is 0 Å². The monoisotopic (exact) mass is 244 g/mol. The van der Waals surface area contributed by atoms with Crippen LogP contribution in [0.15, 0.2) is 24.3 Å². The summed E-state index contributed by atoms with van der Waals surface area (Å²) in [6, 6.07) is 8.85. The fourth-order valence-electron chi connectivity index (χ4n) is 3.60. The number of rotatable bonds is 3. The second kappa shape index (κ2) is 5.02. The first-order chi connectivity index (χ1) is 8.78. The fourth-order valence-corrected chi connectivity index (χ4v) is 3.60. The van der Waals surface area contributed by atoms with E-state index in [1.165, 1.54) is 49.9 Å². The molecule has 98 valence electrons. The highest BCUT2D eigenvalue weighted by Crippen LogP contribution is 2.38. The Balaban J connectivity index is 1.84. The van der Waals surface area contributed by atoms with Gasteiger partial charge >= 0.3 is 0 Å². The van der Waals surface area contributed by atoms with Crippen LogP contribution in [0.5, 0.6) is 0 Å². The van der Waals surface area contributed by atoms with E-state index in [-0.39, 0.29) is 5.54 Å². The SMILES string of the molecule is NC1(c2ccccc2CN2CCCC2)CCCC1. The van der Waals surface area contributed by atoms with Crippen molar-refractivity contribution in [1.29, 1.82) is 0 Å². The summed E-state index contributed by atoms with van der Waals surface area (Å²) in [6.07, 6.45) is 7.60. The fraction of sp³-hybridized carbons (Fsp3) is 0.625. The average molecular weight is 244 g/mol. The third-order valence-electron chi connectivity index (χ3n) is 4.64. The molecule has 1 aliphatic heterocycles. The van der Waals surface area contributed by atoms with Gasteiger partial charge in [0.15, 0.2) is 0 Å². The molecule has 0 radical (unpaired) electrons. The second-order valence-corrected chi connectivity index (χ2v) is 6.00. The average Bonchev–Trinajstić information content (AvgIpc) is 3.02. The summed E-state index contributed by atoms with van der Waals surface area (Å²) in [5, 5.41) is 0. The zero-order valence-corrected chi connectivity index (χ0v) is 11.2. The molecule has 2 heteroatoms. The molecule has 1 aromatic rings. The number of nitrogens with two attached hydrogens (primary N) is 1.